The average Bonchev–Trinajstić information content (AvgIpc) is 2.92. The minimum absolute atomic E-state index is 0.0631. The van der Waals surface area contributed by atoms with Crippen molar-refractivity contribution in [2.24, 2.45) is 35.1 Å². The molecule has 10 N–H and O–H groups in total. The molecule has 3 unspecified atom stereocenters. The van der Waals surface area contributed by atoms with Gasteiger partial charge < -0.3 is 47.9 Å². The predicted octanol–water partition coefficient (Wildman–Crippen LogP) is -0.655. The fraction of sp³-hybridized carbons (Fsp3) is 0.724. The van der Waals surface area contributed by atoms with Gasteiger partial charge in [-0.2, -0.15) is 0 Å². The van der Waals surface area contributed by atoms with Gasteiger partial charge >= 0.3 is 12.0 Å². The van der Waals surface area contributed by atoms with Crippen LogP contribution in [-0.2, 0) is 28.7 Å². The molecule has 0 fully saturated rings. The number of carbonyl (C=O) groups excluding carboxylic acids is 5. The predicted molar refractivity (Wildman–Crippen MR) is 163 cm³/mol. The van der Waals surface area contributed by atoms with Crippen molar-refractivity contribution in [1.82, 2.24) is 26.6 Å². The van der Waals surface area contributed by atoms with Crippen molar-refractivity contribution in [2.45, 2.75) is 97.6 Å². The molecule has 0 spiro atoms. The Labute approximate surface area is 259 Å². The zero-order valence-corrected chi connectivity index (χ0v) is 26.7. The molecular formula is C29H51N7O8. The lowest BCUT2D eigenvalue weighted by Crippen LogP contribution is -2.59. The first kappa shape index (κ1) is 38.3. The summed E-state index contributed by atoms with van der Waals surface area (Å²) >= 11 is 0. The standard InChI is InChI=1S/C29H51N7O8/c1-14(2)20-12-18(13-44-17(7)21(30)24(31)37)25(38)32-11-9-8-10-19(26(39)34-20)33-27(40)22(15(3)4)35-29(43)36-23(16(5)6)28(41)42/h8,10,14-23H,9,11-13,30H2,1-7H3,(H2,31,37)(H,32,38)(H,33,40)(H,34,39)(H,41,42)(H2,35,36,43)/b10-8+/t17?,18?,19-,20+,21?,22+,23-/m0/s1. The summed E-state index contributed by atoms with van der Waals surface area (Å²) in [6.07, 6.45) is 3.00. The van der Waals surface area contributed by atoms with Gasteiger partial charge in [-0.3, -0.25) is 19.2 Å². The number of nitrogens with one attached hydrogen (secondary N) is 5. The molecule has 1 aliphatic rings. The van der Waals surface area contributed by atoms with Crippen molar-refractivity contribution in [1.29, 1.82) is 0 Å². The molecule has 0 radical (unpaired) electrons. The number of carboxylic acids is 1. The van der Waals surface area contributed by atoms with Gasteiger partial charge in [0, 0.05) is 12.6 Å². The number of carbonyl (C=O) groups is 6. The number of primary amides is 1. The van der Waals surface area contributed by atoms with E-state index in [1.807, 2.05) is 13.8 Å². The Morgan fingerprint density at radius 3 is 2.11 bits per heavy atom. The quantitative estimate of drug-likeness (QED) is 0.121. The van der Waals surface area contributed by atoms with Gasteiger partial charge in [0.2, 0.25) is 23.6 Å². The summed E-state index contributed by atoms with van der Waals surface area (Å²) < 4.78 is 5.72. The summed E-state index contributed by atoms with van der Waals surface area (Å²) in [6.45, 7) is 12.2. The zero-order valence-electron chi connectivity index (χ0n) is 26.7. The largest absolute Gasteiger partial charge is 0.480 e. The van der Waals surface area contributed by atoms with E-state index in [0.717, 1.165) is 0 Å². The minimum Gasteiger partial charge on any atom is -0.480 e. The molecule has 0 aliphatic carbocycles. The smallest absolute Gasteiger partial charge is 0.326 e. The molecule has 0 aromatic carbocycles. The highest BCUT2D eigenvalue weighted by molar-refractivity contribution is 5.93. The Morgan fingerprint density at radius 2 is 1.59 bits per heavy atom. The fourth-order valence-corrected chi connectivity index (χ4v) is 4.40. The first-order valence-corrected chi connectivity index (χ1v) is 15.0. The van der Waals surface area contributed by atoms with Crippen LogP contribution in [0.4, 0.5) is 4.79 Å². The van der Waals surface area contributed by atoms with Crippen LogP contribution in [0.2, 0.25) is 0 Å². The number of hydrogen-bond acceptors (Lipinski definition) is 8. The molecule has 7 atom stereocenters. The lowest BCUT2D eigenvalue weighted by atomic mass is 9.91. The summed E-state index contributed by atoms with van der Waals surface area (Å²) in [5.74, 6) is -4.96. The molecule has 0 aromatic heterocycles. The van der Waals surface area contributed by atoms with E-state index in [-0.39, 0.29) is 31.4 Å². The summed E-state index contributed by atoms with van der Waals surface area (Å²) in [7, 11) is 0. The summed E-state index contributed by atoms with van der Waals surface area (Å²) in [5, 5.41) is 22.7. The lowest BCUT2D eigenvalue weighted by Gasteiger charge is -2.30. The highest BCUT2D eigenvalue weighted by Crippen LogP contribution is 2.17. The second kappa shape index (κ2) is 18.2. The van der Waals surface area contributed by atoms with Gasteiger partial charge in [-0.1, -0.05) is 53.7 Å². The van der Waals surface area contributed by atoms with Crippen LogP contribution in [-0.4, -0.2) is 90.2 Å². The van der Waals surface area contributed by atoms with E-state index in [4.69, 9.17) is 16.2 Å². The first-order valence-electron chi connectivity index (χ1n) is 15.0. The number of carboxylic acid groups (broad SMARTS) is 1. The SMILES string of the molecule is CC(OCC1C[C@H](C(C)C)NC(=O)[C@@H](NC(=O)[C@H](NC(=O)N[C@H](C(=O)O)C(C)C)C(C)C)/C=C/CCNC1=O)C(N)C(N)=O. The second-order valence-corrected chi connectivity index (χ2v) is 12.2. The first-order chi connectivity index (χ1) is 20.5. The molecule has 15 nitrogen and oxygen atoms in total. The van der Waals surface area contributed by atoms with Crippen molar-refractivity contribution < 1.29 is 38.6 Å². The number of aliphatic carboxylic acids is 1. The van der Waals surface area contributed by atoms with Gasteiger partial charge in [0.1, 0.15) is 24.2 Å². The van der Waals surface area contributed by atoms with E-state index in [9.17, 15) is 33.9 Å². The van der Waals surface area contributed by atoms with Gasteiger partial charge in [-0.15, -0.1) is 0 Å². The zero-order chi connectivity index (χ0) is 33.7. The van der Waals surface area contributed by atoms with Crippen LogP contribution < -0.4 is 38.1 Å². The van der Waals surface area contributed by atoms with Crippen molar-refractivity contribution in [3.8, 4) is 0 Å². The minimum atomic E-state index is -1.20. The van der Waals surface area contributed by atoms with Crippen molar-refractivity contribution in [3.63, 3.8) is 0 Å². The molecule has 1 heterocycles. The fourth-order valence-electron chi connectivity index (χ4n) is 4.40. The van der Waals surface area contributed by atoms with Crippen LogP contribution >= 0.6 is 0 Å². The van der Waals surface area contributed by atoms with Gasteiger partial charge in [-0.25, -0.2) is 9.59 Å². The third kappa shape index (κ3) is 12.5. The Kier molecular flexibility index (Phi) is 15.8. The molecule has 250 valence electrons. The number of rotatable bonds is 13. The van der Waals surface area contributed by atoms with E-state index < -0.39 is 83.8 Å². The maximum atomic E-state index is 13.5. The van der Waals surface area contributed by atoms with E-state index >= 15 is 0 Å². The van der Waals surface area contributed by atoms with E-state index in [0.29, 0.717) is 6.42 Å². The molecule has 0 bridgehead atoms. The summed E-state index contributed by atoms with van der Waals surface area (Å²) in [6, 6.07) is -5.71. The monoisotopic (exact) mass is 625 g/mol. The molecule has 0 saturated carbocycles. The normalized spacial score (nSPS) is 23.2. The molecular weight excluding hydrogens is 574 g/mol. The maximum Gasteiger partial charge on any atom is 0.326 e. The number of urea groups is 1. The van der Waals surface area contributed by atoms with Crippen LogP contribution in [0.5, 0.6) is 0 Å². The van der Waals surface area contributed by atoms with Crippen molar-refractivity contribution >= 4 is 35.6 Å². The Morgan fingerprint density at radius 1 is 1.00 bits per heavy atom. The Balaban J connectivity index is 3.11. The molecule has 6 amide bonds. The van der Waals surface area contributed by atoms with E-state index in [1.165, 1.54) is 6.08 Å². The third-order valence-corrected chi connectivity index (χ3v) is 7.41. The maximum absolute atomic E-state index is 13.5. The van der Waals surface area contributed by atoms with Crippen LogP contribution in [0.15, 0.2) is 12.2 Å². The molecule has 1 rings (SSSR count). The molecule has 44 heavy (non-hydrogen) atoms. The Hall–Kier alpha value is -3.72. The van der Waals surface area contributed by atoms with Crippen molar-refractivity contribution in [2.75, 3.05) is 13.2 Å². The number of hydrogen-bond donors (Lipinski definition) is 8. The molecule has 0 aromatic rings. The Bertz CT molecular complexity index is 1050. The van der Waals surface area contributed by atoms with Gasteiger partial charge in [0.15, 0.2) is 0 Å². The number of nitrogens with two attached hydrogens (primary N) is 2. The van der Waals surface area contributed by atoms with Crippen LogP contribution in [0.1, 0.15) is 61.3 Å². The number of ether oxygens (including phenoxy) is 1. The lowest BCUT2D eigenvalue weighted by molar-refractivity contribution is -0.140. The van der Waals surface area contributed by atoms with Gasteiger partial charge in [0.05, 0.1) is 18.6 Å². The average molecular weight is 626 g/mol. The van der Waals surface area contributed by atoms with Gasteiger partial charge in [-0.05, 0) is 37.5 Å². The van der Waals surface area contributed by atoms with Crippen LogP contribution in [0.25, 0.3) is 0 Å². The highest BCUT2D eigenvalue weighted by Gasteiger charge is 2.33. The molecule has 0 saturated heterocycles. The van der Waals surface area contributed by atoms with Crippen LogP contribution in [0, 0.1) is 23.7 Å². The summed E-state index contributed by atoms with van der Waals surface area (Å²) in [5.41, 5.74) is 11.0. The number of amides is 6. The van der Waals surface area contributed by atoms with Gasteiger partial charge in [0.25, 0.3) is 0 Å². The van der Waals surface area contributed by atoms with E-state index in [2.05, 4.69) is 26.6 Å². The third-order valence-electron chi connectivity index (χ3n) is 7.41. The van der Waals surface area contributed by atoms with Crippen molar-refractivity contribution in [3.05, 3.63) is 12.2 Å². The molecule has 1 aliphatic heterocycles. The second-order valence-electron chi connectivity index (χ2n) is 12.2. The highest BCUT2D eigenvalue weighted by atomic mass is 16.5. The topological polar surface area (TPSA) is 244 Å². The molecule has 15 heteroatoms. The summed E-state index contributed by atoms with van der Waals surface area (Å²) in [4.78, 5) is 75.3. The van der Waals surface area contributed by atoms with E-state index in [1.54, 1.807) is 40.7 Å². The van der Waals surface area contributed by atoms with Crippen LogP contribution in [0.3, 0.4) is 0 Å².